The van der Waals surface area contributed by atoms with E-state index in [9.17, 15) is 5.11 Å². The summed E-state index contributed by atoms with van der Waals surface area (Å²) in [5, 5.41) is 22.5. The van der Waals surface area contributed by atoms with Crippen LogP contribution in [0, 0.1) is 0 Å². The van der Waals surface area contributed by atoms with Crippen molar-refractivity contribution in [2.24, 2.45) is 0 Å². The maximum Gasteiger partial charge on any atom is 1.00 e. The molecule has 0 atom stereocenters. The van der Waals surface area contributed by atoms with Crippen molar-refractivity contribution < 1.29 is 129 Å². The molecule has 11 nitrogen and oxygen atoms in total. The fraction of sp³-hybridized carbons (Fsp3) is 0.164. The Morgan fingerprint density at radius 3 is 1.26 bits per heavy atom. The van der Waals surface area contributed by atoms with Crippen molar-refractivity contribution in [3.8, 4) is 73.9 Å². The predicted molar refractivity (Wildman–Crippen MR) is 346 cm³/mol. The topological polar surface area (TPSA) is 140 Å². The molecule has 0 aliphatic rings. The minimum Gasteiger partial charge on any atom is -1.00 e. The maximum absolute atomic E-state index is 9.52. The Hall–Kier alpha value is -6.22. The summed E-state index contributed by atoms with van der Waals surface area (Å²) in [7, 11) is 0. The standard InChI is InChI=1S/C36H33N3O.C21H23BrN2.C15H11NO.CH2O3.2K.H/c1-24(2)31-16-9-17-32(25(3)4)35(31)39-21-20-38-36(39)28-12-8-14-30(23-28)40-29-13-7-11-27(22-29)34-33-15-6-5-10-26(33)18-19-37-34;1-14(2)18-9-6-10-19(15(3)4)20(18)24-12-11-23-21(24)16-7-5-8-17(22)13-16;17-13-6-3-5-12(10-13)15-14-7-2-1-4-11(14)8-9-16-15;2-1-4-3;;;/h5-25H,1-4H3;5-15H,1-4H3;1-10,17H;1,3H;;;/q;;;;2*+1;-1/p-1. The zero-order valence-electron chi connectivity index (χ0n) is 52.0. The number of benzene rings is 8. The Morgan fingerprint density at radius 1 is 0.460 bits per heavy atom. The third-order valence-corrected chi connectivity index (χ3v) is 15.0. The van der Waals surface area contributed by atoms with Crippen LogP contribution in [0.25, 0.3) is 78.2 Å². The molecule has 87 heavy (non-hydrogen) atoms. The first-order valence-corrected chi connectivity index (χ1v) is 29.2. The molecule has 1 N–H and O–H groups in total. The van der Waals surface area contributed by atoms with E-state index in [-0.39, 0.29) is 116 Å². The van der Waals surface area contributed by atoms with E-state index in [4.69, 9.17) is 19.8 Å². The number of aromatic hydroxyl groups is 1. The van der Waals surface area contributed by atoms with Crippen LogP contribution in [0.4, 0.5) is 0 Å². The molecule has 4 aromatic heterocycles. The summed E-state index contributed by atoms with van der Waals surface area (Å²) in [5.74, 6) is 5.35. The normalized spacial score (nSPS) is 10.7. The van der Waals surface area contributed by atoms with Crippen molar-refractivity contribution >= 4 is 43.9 Å². The van der Waals surface area contributed by atoms with Crippen molar-refractivity contribution in [1.29, 1.82) is 0 Å². The first-order valence-electron chi connectivity index (χ1n) is 28.4. The molecule has 0 fully saturated rings. The molecule has 0 saturated heterocycles. The summed E-state index contributed by atoms with van der Waals surface area (Å²) in [4.78, 5) is 29.8. The minimum absolute atomic E-state index is 0. The molecule has 0 bridgehead atoms. The average Bonchev–Trinajstić information content (AvgIpc) is 1.75. The van der Waals surface area contributed by atoms with Gasteiger partial charge in [-0.2, -0.15) is 0 Å². The predicted octanol–water partition coefficient (Wildman–Crippen LogP) is 12.5. The largest absolute Gasteiger partial charge is 1.00 e. The molecule has 0 unspecified atom stereocenters. The molecule has 12 aromatic rings. The number of carbonyl (C=O) groups excluding carboxylic acids is 1. The van der Waals surface area contributed by atoms with Crippen molar-refractivity contribution in [2.45, 2.75) is 79.1 Å². The number of hydrogen-bond acceptors (Lipinski definition) is 9. The van der Waals surface area contributed by atoms with Crippen molar-refractivity contribution in [3.05, 3.63) is 258 Å². The second-order valence-electron chi connectivity index (χ2n) is 21.6. The third-order valence-electron chi connectivity index (χ3n) is 14.5. The van der Waals surface area contributed by atoms with Crippen LogP contribution in [0.15, 0.2) is 236 Å². The summed E-state index contributed by atoms with van der Waals surface area (Å²) in [6, 6.07) is 65.5. The summed E-state index contributed by atoms with van der Waals surface area (Å²) < 4.78 is 11.9. The molecular formula is C73H69BrK2N6O5. The average molecular weight is 1270 g/mol. The molecule has 430 valence electrons. The van der Waals surface area contributed by atoms with Crippen LogP contribution in [-0.2, 0) is 9.68 Å². The number of fused-ring (bicyclic) bond motifs is 2. The van der Waals surface area contributed by atoms with Gasteiger partial charge in [-0.1, -0.05) is 205 Å². The van der Waals surface area contributed by atoms with E-state index in [2.05, 4.69) is 216 Å². The number of carbonyl (C=O) groups is 1. The Labute approximate surface area is 605 Å². The number of phenols is 1. The van der Waals surface area contributed by atoms with Crippen LogP contribution in [0.2, 0.25) is 0 Å². The zero-order valence-corrected chi connectivity index (χ0v) is 58.8. The second-order valence-corrected chi connectivity index (χ2v) is 22.5. The molecular weight excluding hydrogens is 1200 g/mol. The van der Waals surface area contributed by atoms with Gasteiger partial charge >= 0.3 is 103 Å². The SMILES string of the molecule is CC(C)c1cccc(C(C)C)c1-n1ccnc1-c1cccc(Br)c1.CC(C)c1cccc(C(C)C)c1-n1ccnc1-c1cccc(Oc2cccc(-c3nccc4ccccc34)c2)c1.O=CO[O-].Oc1cccc(-c2nccc3ccccc23)c1.[H-].[K+].[K+]. The van der Waals surface area contributed by atoms with E-state index in [1.54, 1.807) is 18.3 Å². The molecule has 14 heteroatoms. The third kappa shape index (κ3) is 16.9. The first kappa shape index (κ1) is 68.3. The fourth-order valence-electron chi connectivity index (χ4n) is 10.5. The molecule has 0 saturated carbocycles. The smallest absolute Gasteiger partial charge is 1.00 e. The zero-order chi connectivity index (χ0) is 60.0. The molecule has 12 rings (SSSR count). The number of rotatable bonds is 13. The number of phenolic OH excluding ortho intramolecular Hbond substituents is 1. The summed E-state index contributed by atoms with van der Waals surface area (Å²) in [5.41, 5.74) is 13.8. The molecule has 8 aromatic carbocycles. The van der Waals surface area contributed by atoms with Crippen molar-refractivity contribution in [1.82, 2.24) is 29.1 Å². The maximum atomic E-state index is 9.52. The van der Waals surface area contributed by atoms with Crippen LogP contribution >= 0.6 is 15.9 Å². The first-order chi connectivity index (χ1) is 41.2. The Bertz CT molecular complexity index is 4160. The van der Waals surface area contributed by atoms with Crippen LogP contribution in [-0.4, -0.2) is 40.6 Å². The van der Waals surface area contributed by atoms with Gasteiger partial charge < -0.3 is 21.4 Å². The van der Waals surface area contributed by atoms with Gasteiger partial charge in [0.1, 0.15) is 28.9 Å². The number of aromatic nitrogens is 6. The quantitative estimate of drug-likeness (QED) is 0.0517. The number of ether oxygens (including phenoxy) is 1. The van der Waals surface area contributed by atoms with Gasteiger partial charge in [0.05, 0.1) is 22.8 Å². The number of halogens is 1. The molecule has 4 heterocycles. The van der Waals surface area contributed by atoms with Gasteiger partial charge in [0.15, 0.2) is 0 Å². The second kappa shape index (κ2) is 32.8. The van der Waals surface area contributed by atoms with Gasteiger partial charge in [-0.15, -0.1) is 0 Å². The fourth-order valence-corrected chi connectivity index (χ4v) is 10.9. The number of para-hydroxylation sites is 2. The van der Waals surface area contributed by atoms with E-state index in [0.717, 1.165) is 77.4 Å². The van der Waals surface area contributed by atoms with Gasteiger partial charge in [0, 0.05) is 74.7 Å². The summed E-state index contributed by atoms with van der Waals surface area (Å²) in [6.07, 6.45) is 11.6. The van der Waals surface area contributed by atoms with Gasteiger partial charge in [-0.05, 0) is 117 Å². The van der Waals surface area contributed by atoms with Crippen LogP contribution in [0.1, 0.15) is 103 Å². The number of pyridine rings is 2. The van der Waals surface area contributed by atoms with E-state index in [1.165, 1.54) is 39.0 Å². The van der Waals surface area contributed by atoms with Gasteiger partial charge in [-0.25, -0.2) is 9.97 Å². The molecule has 0 radical (unpaired) electrons. The molecule has 0 amide bonds. The van der Waals surface area contributed by atoms with Crippen molar-refractivity contribution in [2.75, 3.05) is 0 Å². The van der Waals surface area contributed by atoms with Crippen LogP contribution < -0.4 is 113 Å². The van der Waals surface area contributed by atoms with E-state index in [1.807, 2.05) is 97.5 Å². The van der Waals surface area contributed by atoms with Crippen LogP contribution in [0.5, 0.6) is 17.2 Å². The molecule has 0 aliphatic heterocycles. The number of imidazole rings is 2. The van der Waals surface area contributed by atoms with Gasteiger partial charge in [0.2, 0.25) is 0 Å². The Balaban J connectivity index is 0.000000219. The van der Waals surface area contributed by atoms with Crippen molar-refractivity contribution in [3.63, 3.8) is 0 Å². The van der Waals surface area contributed by atoms with E-state index < -0.39 is 0 Å². The molecule has 0 spiro atoms. The van der Waals surface area contributed by atoms with Crippen LogP contribution in [0.3, 0.4) is 0 Å². The van der Waals surface area contributed by atoms with Gasteiger partial charge in [-0.3, -0.25) is 23.9 Å². The van der Waals surface area contributed by atoms with E-state index in [0.29, 0.717) is 23.7 Å². The summed E-state index contributed by atoms with van der Waals surface area (Å²) in [6.45, 7) is 17.8. The monoisotopic (exact) mass is 1270 g/mol. The molecule has 0 aliphatic carbocycles. The Kier molecular flexibility index (Phi) is 25.8. The summed E-state index contributed by atoms with van der Waals surface area (Å²) >= 11 is 3.57. The Morgan fingerprint density at radius 2 is 0.839 bits per heavy atom. The van der Waals surface area contributed by atoms with Gasteiger partial charge in [0.25, 0.3) is 6.47 Å². The number of hydrogen-bond donors (Lipinski definition) is 1. The van der Waals surface area contributed by atoms with E-state index >= 15 is 0 Å². The minimum atomic E-state index is -0.181. The number of nitrogens with zero attached hydrogens (tertiary/aromatic N) is 6.